The average molecular weight is 804 g/mol. The van der Waals surface area contributed by atoms with Gasteiger partial charge in [0.05, 0.1) is 77.9 Å². The largest absolute Gasteiger partial charge is 0.487 e. The van der Waals surface area contributed by atoms with Crippen molar-refractivity contribution in [1.29, 1.82) is 0 Å². The van der Waals surface area contributed by atoms with Crippen molar-refractivity contribution in [2.45, 2.75) is 97.7 Å². The van der Waals surface area contributed by atoms with Crippen LogP contribution in [0.25, 0.3) is 28.2 Å². The predicted octanol–water partition coefficient (Wildman–Crippen LogP) is 5.60. The molecule has 1 saturated carbocycles. The van der Waals surface area contributed by atoms with Gasteiger partial charge in [0.25, 0.3) is 0 Å². The number of aliphatic hydroxyl groups excluding tert-OH is 1. The molecule has 0 bridgehead atoms. The summed E-state index contributed by atoms with van der Waals surface area (Å²) in [5, 5.41) is 24.7. The number of aromatic nitrogens is 7. The maximum Gasteiger partial charge on any atom is 0.487 e. The lowest BCUT2D eigenvalue weighted by atomic mass is 9.89. The molecule has 1 aliphatic heterocycles. The van der Waals surface area contributed by atoms with Crippen LogP contribution >= 0.6 is 28.4 Å². The first kappa shape index (κ1) is 36.2. The molecule has 49 heavy (non-hydrogen) atoms. The van der Waals surface area contributed by atoms with Crippen LogP contribution in [0.5, 0.6) is 11.8 Å². The predicted molar refractivity (Wildman–Crippen MR) is 201 cm³/mol. The van der Waals surface area contributed by atoms with Crippen molar-refractivity contribution in [3.63, 3.8) is 0 Å². The van der Waals surface area contributed by atoms with Crippen LogP contribution in [0.4, 0.5) is 0 Å². The fraction of sp³-hybridized carbons (Fsp3) is 0.576. The number of hydrogen-bond donors (Lipinski definition) is 1. The number of ether oxygens (including phenoxy) is 2. The first-order chi connectivity index (χ1) is 23.4. The highest BCUT2D eigenvalue weighted by molar-refractivity contribution is 14.2. The number of pyridine rings is 1. The Labute approximate surface area is 303 Å². The summed E-state index contributed by atoms with van der Waals surface area (Å²) >= 11 is 2.34. The van der Waals surface area contributed by atoms with Crippen molar-refractivity contribution >= 4 is 52.5 Å². The molecule has 0 spiro atoms. The quantitative estimate of drug-likeness (QED) is 0.0923. The number of nitrogens with zero attached hydrogens (tertiary/aromatic N) is 8. The summed E-state index contributed by atoms with van der Waals surface area (Å²) < 4.78 is 30.4. The highest BCUT2D eigenvalue weighted by Gasteiger charge is 2.50. The molecular formula is C33H47BIN8O5P. The number of rotatable bonds is 15. The molecule has 1 saturated heterocycles. The van der Waals surface area contributed by atoms with E-state index in [9.17, 15) is 5.11 Å². The minimum atomic E-state index is -0.463. The third-order valence-electron chi connectivity index (χ3n) is 9.61. The number of hydrogen-bond acceptors (Lipinski definition) is 10. The molecule has 1 aliphatic carbocycles. The van der Waals surface area contributed by atoms with Gasteiger partial charge in [-0.25, -0.2) is 9.13 Å². The number of halogens is 1. The van der Waals surface area contributed by atoms with Crippen molar-refractivity contribution in [3.05, 3.63) is 41.4 Å². The van der Waals surface area contributed by atoms with E-state index in [2.05, 4.69) is 50.1 Å². The van der Waals surface area contributed by atoms with E-state index in [1.807, 2.05) is 82.2 Å². The van der Waals surface area contributed by atoms with E-state index < -0.39 is 18.3 Å². The van der Waals surface area contributed by atoms with Crippen molar-refractivity contribution in [2.75, 3.05) is 19.8 Å². The molecule has 13 nitrogen and oxygen atoms in total. The molecule has 2 atom stereocenters. The summed E-state index contributed by atoms with van der Waals surface area (Å²) in [6, 6.07) is 2.54. The van der Waals surface area contributed by atoms with E-state index in [4.69, 9.17) is 28.9 Å². The first-order valence-corrected chi connectivity index (χ1v) is 20.9. The van der Waals surface area contributed by atoms with Gasteiger partial charge in [-0.15, -0.1) is 5.10 Å². The summed E-state index contributed by atoms with van der Waals surface area (Å²) in [4.78, 5) is 7.30. The van der Waals surface area contributed by atoms with Crippen molar-refractivity contribution in [1.82, 2.24) is 39.0 Å². The lowest BCUT2D eigenvalue weighted by molar-refractivity contribution is 0.00578. The monoisotopic (exact) mass is 804 g/mol. The Hall–Kier alpha value is -2.56. The second-order valence-corrected chi connectivity index (χ2v) is 15.8. The molecular weight excluding hydrogens is 757 g/mol. The van der Waals surface area contributed by atoms with Gasteiger partial charge in [0, 0.05) is 37.1 Å². The molecule has 0 radical (unpaired) electrons. The van der Waals surface area contributed by atoms with Gasteiger partial charge >= 0.3 is 7.12 Å². The Balaban J connectivity index is 1.22. The molecule has 6 rings (SSSR count). The van der Waals surface area contributed by atoms with Crippen molar-refractivity contribution in [2.24, 2.45) is 7.05 Å². The normalized spacial score (nSPS) is 18.2. The Morgan fingerprint density at radius 2 is 1.94 bits per heavy atom. The number of aliphatic hydroxyl groups is 1. The molecule has 16 heteroatoms. The van der Waals surface area contributed by atoms with E-state index in [0.717, 1.165) is 52.0 Å². The van der Waals surface area contributed by atoms with Crippen LogP contribution in [-0.2, 0) is 29.4 Å². The minimum Gasteiger partial charge on any atom is -0.477 e. The van der Waals surface area contributed by atoms with Gasteiger partial charge in [-0.1, -0.05) is 5.98 Å². The topological polar surface area (TPSA) is 127 Å². The number of aryl methyl sites for hydroxylation is 1. The molecule has 0 amide bonds. The Bertz CT molecular complexity index is 1800. The zero-order valence-electron chi connectivity index (χ0n) is 29.6. The Morgan fingerprint density at radius 3 is 2.59 bits per heavy atom. The van der Waals surface area contributed by atoms with Gasteiger partial charge in [0.15, 0.2) is 0 Å². The van der Waals surface area contributed by atoms with Crippen LogP contribution in [0.2, 0.25) is 0 Å². The van der Waals surface area contributed by atoms with Gasteiger partial charge < -0.3 is 23.9 Å². The molecule has 4 aromatic rings. The van der Waals surface area contributed by atoms with Gasteiger partial charge in [-0.2, -0.15) is 10.2 Å². The Morgan fingerprint density at radius 1 is 1.20 bits per heavy atom. The summed E-state index contributed by atoms with van der Waals surface area (Å²) in [5.74, 6) is 3.22. The van der Waals surface area contributed by atoms with E-state index in [1.54, 1.807) is 4.68 Å². The SMILES string of the molecule is CCOc1nn(CCO)c(CN(CC(C)Oc2c(-c3cc4c(/C=C/B5OC(C)(C)C(C)(C)O5)nn(PI)c4cn3)cnn2C)C2CC2)c1C. The number of fused-ring (bicyclic) bond motifs is 1. The van der Waals surface area contributed by atoms with Crippen LogP contribution < -0.4 is 9.47 Å². The standard InChI is InChI=1S/C33H47BIN8O5P/c1-9-45-30-22(3)29(42(39-30)14-15-44)20-41(23-10-11-23)19-21(2)46-31-25(17-37-40(31)8)27-16-24-26(38-43(49-35)28(24)18-36-27)12-13-34-47-32(4,5)33(6,7)48-34/h12-13,16-18,21,23,44,49H,9-11,14-15,19-20H2,1-8H3/b13-12+. The lowest BCUT2D eigenvalue weighted by Crippen LogP contribution is -2.41. The highest BCUT2D eigenvalue weighted by atomic mass is 127. The summed E-state index contributed by atoms with van der Waals surface area (Å²) in [6.07, 6.45) is 8.24. The first-order valence-electron chi connectivity index (χ1n) is 16.9. The summed E-state index contributed by atoms with van der Waals surface area (Å²) in [5.41, 5.74) is 4.60. The van der Waals surface area contributed by atoms with Crippen LogP contribution in [0.15, 0.2) is 24.4 Å². The van der Waals surface area contributed by atoms with Gasteiger partial charge in [0.2, 0.25) is 11.8 Å². The maximum absolute atomic E-state index is 9.69. The molecule has 264 valence electrons. The van der Waals surface area contributed by atoms with Gasteiger partial charge in [-0.05, 0) is 95.5 Å². The minimum absolute atomic E-state index is 0.0167. The summed E-state index contributed by atoms with van der Waals surface area (Å²) in [6.45, 7) is 16.7. The molecule has 1 N–H and O–H groups in total. The third-order valence-corrected chi connectivity index (χ3v) is 11.5. The lowest BCUT2D eigenvalue weighted by Gasteiger charge is -2.32. The fourth-order valence-corrected chi connectivity index (χ4v) is 7.62. The van der Waals surface area contributed by atoms with Crippen LogP contribution in [0.1, 0.15) is 71.3 Å². The molecule has 0 aromatic carbocycles. The highest BCUT2D eigenvalue weighted by Crippen LogP contribution is 2.39. The van der Waals surface area contributed by atoms with Gasteiger partial charge in [0.1, 0.15) is 6.10 Å². The molecule has 4 aromatic heterocycles. The van der Waals surface area contributed by atoms with Crippen molar-refractivity contribution in [3.8, 4) is 23.0 Å². The summed E-state index contributed by atoms with van der Waals surface area (Å²) in [7, 11) is 1.43. The van der Waals surface area contributed by atoms with Gasteiger partial charge in [-0.3, -0.25) is 14.6 Å². The maximum atomic E-state index is 9.69. The van der Waals surface area contributed by atoms with E-state index >= 15 is 0 Å². The zero-order chi connectivity index (χ0) is 35.1. The Kier molecular flexibility index (Phi) is 10.8. The smallest absolute Gasteiger partial charge is 0.477 e. The second kappa shape index (κ2) is 14.6. The molecule has 2 fully saturated rings. The third kappa shape index (κ3) is 7.57. The van der Waals surface area contributed by atoms with E-state index in [0.29, 0.717) is 50.4 Å². The van der Waals surface area contributed by atoms with Crippen molar-refractivity contribution < 1.29 is 23.9 Å². The van der Waals surface area contributed by atoms with Crippen LogP contribution in [-0.4, -0.2) is 94.3 Å². The molecule has 2 unspecified atom stereocenters. The van der Waals surface area contributed by atoms with Crippen LogP contribution in [0, 0.1) is 6.92 Å². The van der Waals surface area contributed by atoms with E-state index in [-0.39, 0.29) is 12.7 Å². The van der Waals surface area contributed by atoms with Crippen LogP contribution in [0.3, 0.4) is 0 Å². The zero-order valence-corrected chi connectivity index (χ0v) is 32.8. The average Bonchev–Trinajstić information content (AvgIpc) is 3.61. The molecule has 2 aliphatic rings. The second-order valence-electron chi connectivity index (χ2n) is 13.8. The molecule has 5 heterocycles. The fourth-order valence-electron chi connectivity index (χ4n) is 6.10. The van der Waals surface area contributed by atoms with E-state index in [1.165, 1.54) is 0 Å².